The molecule has 0 radical (unpaired) electrons. The molecule has 102 valence electrons. The lowest BCUT2D eigenvalue weighted by Gasteiger charge is -2.26. The summed E-state index contributed by atoms with van der Waals surface area (Å²) in [4.78, 5) is 2.34. The maximum absolute atomic E-state index is 12.0. The molecule has 0 unspecified atom stereocenters. The summed E-state index contributed by atoms with van der Waals surface area (Å²) < 4.78 is 28.2. The summed E-state index contributed by atoms with van der Waals surface area (Å²) in [6.07, 6.45) is 0.995. The van der Waals surface area contributed by atoms with Crippen molar-refractivity contribution in [3.8, 4) is 0 Å². The fourth-order valence-electron chi connectivity index (χ4n) is 1.85. The molecule has 0 spiro atoms. The van der Waals surface area contributed by atoms with E-state index in [-0.39, 0.29) is 0 Å². The number of nitrogens with zero attached hydrogens (tertiary/aromatic N) is 1. The molecule has 0 bridgehead atoms. The minimum atomic E-state index is -3.33. The van der Waals surface area contributed by atoms with Crippen LogP contribution >= 0.6 is 11.3 Å². The van der Waals surface area contributed by atoms with Gasteiger partial charge in [-0.05, 0) is 18.6 Å². The third kappa shape index (κ3) is 3.52. The van der Waals surface area contributed by atoms with E-state index >= 15 is 0 Å². The Bertz CT molecular complexity index is 478. The van der Waals surface area contributed by atoms with Crippen LogP contribution in [0.1, 0.15) is 16.7 Å². The smallest absolute Gasteiger partial charge is 0.279 e. The van der Waals surface area contributed by atoms with Gasteiger partial charge < -0.3 is 5.32 Å². The number of hydrogen-bond donors (Lipinski definition) is 2. The first-order chi connectivity index (χ1) is 8.62. The Morgan fingerprint density at radius 3 is 2.61 bits per heavy atom. The van der Waals surface area contributed by atoms with E-state index in [0.29, 0.717) is 19.6 Å². The van der Waals surface area contributed by atoms with Crippen LogP contribution in [-0.4, -0.2) is 38.9 Å². The summed E-state index contributed by atoms with van der Waals surface area (Å²) in [5, 5.41) is 3.14. The molecule has 5 nitrogen and oxygen atoms in total. The molecule has 0 amide bonds. The fraction of sp³-hybridized carbons (Fsp3) is 0.636. The van der Waals surface area contributed by atoms with Gasteiger partial charge in [0.15, 0.2) is 0 Å². The van der Waals surface area contributed by atoms with E-state index in [1.165, 1.54) is 9.18 Å². The van der Waals surface area contributed by atoms with E-state index in [4.69, 9.17) is 0 Å². The first-order valence-corrected chi connectivity index (χ1v) is 8.40. The van der Waals surface area contributed by atoms with Gasteiger partial charge in [-0.1, -0.05) is 6.92 Å². The maximum atomic E-state index is 12.0. The van der Waals surface area contributed by atoms with Gasteiger partial charge >= 0.3 is 0 Å². The Balaban J connectivity index is 1.91. The molecule has 1 aromatic heterocycles. The van der Waals surface area contributed by atoms with Crippen LogP contribution in [0, 0.1) is 0 Å². The monoisotopic (exact) mass is 289 g/mol. The molecule has 0 saturated carbocycles. The summed E-state index contributed by atoms with van der Waals surface area (Å²) in [7, 11) is -3.33. The summed E-state index contributed by atoms with van der Waals surface area (Å²) in [5.74, 6) is 0. The molecule has 18 heavy (non-hydrogen) atoms. The van der Waals surface area contributed by atoms with Gasteiger partial charge in [0.05, 0.1) is 0 Å². The van der Waals surface area contributed by atoms with Crippen molar-refractivity contribution in [2.75, 3.05) is 26.2 Å². The molecule has 0 aliphatic carbocycles. The molecular formula is C11H19N3O2S2. The highest BCUT2D eigenvalue weighted by Gasteiger charge is 2.23. The van der Waals surface area contributed by atoms with Crippen molar-refractivity contribution in [3.05, 3.63) is 21.9 Å². The molecule has 1 aliphatic heterocycles. The van der Waals surface area contributed by atoms with E-state index in [1.807, 2.05) is 6.07 Å². The summed E-state index contributed by atoms with van der Waals surface area (Å²) in [6.45, 7) is 5.01. The lowest BCUT2D eigenvalue weighted by Crippen LogP contribution is -2.50. The first-order valence-electron chi connectivity index (χ1n) is 6.15. The van der Waals surface area contributed by atoms with E-state index in [2.05, 4.69) is 23.0 Å². The molecule has 7 heteroatoms. The molecule has 1 aliphatic rings. The molecule has 2 rings (SSSR count). The van der Waals surface area contributed by atoms with Crippen molar-refractivity contribution in [1.82, 2.24) is 14.3 Å². The molecule has 1 aromatic rings. The van der Waals surface area contributed by atoms with E-state index < -0.39 is 10.2 Å². The fourth-order valence-corrected chi connectivity index (χ4v) is 4.02. The second kappa shape index (κ2) is 6.12. The lowest BCUT2D eigenvalue weighted by molar-refractivity contribution is 0.355. The van der Waals surface area contributed by atoms with Gasteiger partial charge in [-0.15, -0.1) is 11.3 Å². The first kappa shape index (κ1) is 14.0. The minimum absolute atomic E-state index is 0.386. The standard InChI is InChI=1S/C11H19N3O2S2/c1-2-10-3-4-11(17-10)9-13-18(15,16)14-7-5-12-6-8-14/h3-4,12-13H,2,5-9H2,1H3. The van der Waals surface area contributed by atoms with Crippen LogP contribution in [0.2, 0.25) is 0 Å². The zero-order chi connectivity index (χ0) is 13.0. The SMILES string of the molecule is CCc1ccc(CNS(=O)(=O)N2CCNCC2)s1. The van der Waals surface area contributed by atoms with Crippen molar-refractivity contribution in [2.45, 2.75) is 19.9 Å². The minimum Gasteiger partial charge on any atom is -0.314 e. The van der Waals surface area contributed by atoms with Crippen molar-refractivity contribution in [3.63, 3.8) is 0 Å². The van der Waals surface area contributed by atoms with Crippen LogP contribution in [0.3, 0.4) is 0 Å². The van der Waals surface area contributed by atoms with Gasteiger partial charge in [0.1, 0.15) is 0 Å². The van der Waals surface area contributed by atoms with Crippen molar-refractivity contribution in [2.24, 2.45) is 0 Å². The quantitative estimate of drug-likeness (QED) is 0.832. The molecule has 0 atom stereocenters. The van der Waals surface area contributed by atoms with E-state index in [0.717, 1.165) is 24.4 Å². The number of piperazine rings is 1. The van der Waals surface area contributed by atoms with E-state index in [9.17, 15) is 8.42 Å². The summed E-state index contributed by atoms with van der Waals surface area (Å²) >= 11 is 1.66. The Morgan fingerprint density at radius 1 is 1.33 bits per heavy atom. The van der Waals surface area contributed by atoms with Crippen LogP contribution in [0.25, 0.3) is 0 Å². The Kier molecular flexibility index (Phi) is 4.74. The normalized spacial score (nSPS) is 18.1. The molecule has 1 saturated heterocycles. The third-order valence-electron chi connectivity index (χ3n) is 2.91. The van der Waals surface area contributed by atoms with Crippen molar-refractivity contribution >= 4 is 21.5 Å². The highest BCUT2D eigenvalue weighted by molar-refractivity contribution is 7.87. The largest absolute Gasteiger partial charge is 0.314 e. The Labute approximate surface area is 112 Å². The molecule has 1 fully saturated rings. The molecular weight excluding hydrogens is 270 g/mol. The third-order valence-corrected chi connectivity index (χ3v) is 5.69. The van der Waals surface area contributed by atoms with Gasteiger partial charge in [-0.2, -0.15) is 17.4 Å². The van der Waals surface area contributed by atoms with Crippen LogP contribution in [0.15, 0.2) is 12.1 Å². The van der Waals surface area contributed by atoms with Crippen LogP contribution in [0.5, 0.6) is 0 Å². The van der Waals surface area contributed by atoms with Gasteiger partial charge in [-0.25, -0.2) is 0 Å². The average Bonchev–Trinajstić information content (AvgIpc) is 2.86. The Hall–Kier alpha value is -0.470. The molecule has 2 heterocycles. The maximum Gasteiger partial charge on any atom is 0.279 e. The number of rotatable bonds is 5. The van der Waals surface area contributed by atoms with Gasteiger partial charge in [-0.3, -0.25) is 0 Å². The number of thiophene rings is 1. The van der Waals surface area contributed by atoms with Crippen LogP contribution < -0.4 is 10.0 Å². The second-order valence-electron chi connectivity index (χ2n) is 4.20. The highest BCUT2D eigenvalue weighted by atomic mass is 32.2. The predicted octanol–water partition coefficient (Wildman–Crippen LogP) is 0.550. The van der Waals surface area contributed by atoms with E-state index in [1.54, 1.807) is 11.3 Å². The van der Waals surface area contributed by atoms with Crippen molar-refractivity contribution in [1.29, 1.82) is 0 Å². The zero-order valence-electron chi connectivity index (χ0n) is 10.5. The molecule has 2 N–H and O–H groups in total. The summed E-state index contributed by atoms with van der Waals surface area (Å²) in [5.41, 5.74) is 0. The topological polar surface area (TPSA) is 61.4 Å². The van der Waals surface area contributed by atoms with Gasteiger partial charge in [0.2, 0.25) is 0 Å². The highest BCUT2D eigenvalue weighted by Crippen LogP contribution is 2.17. The number of aryl methyl sites for hydroxylation is 1. The van der Waals surface area contributed by atoms with Gasteiger partial charge in [0.25, 0.3) is 10.2 Å². The van der Waals surface area contributed by atoms with Crippen molar-refractivity contribution < 1.29 is 8.42 Å². The van der Waals surface area contributed by atoms with Crippen LogP contribution in [-0.2, 0) is 23.2 Å². The second-order valence-corrected chi connectivity index (χ2v) is 7.20. The molecule has 0 aromatic carbocycles. The van der Waals surface area contributed by atoms with Crippen LogP contribution in [0.4, 0.5) is 0 Å². The number of hydrogen-bond acceptors (Lipinski definition) is 4. The predicted molar refractivity (Wildman–Crippen MR) is 73.9 cm³/mol. The number of nitrogens with one attached hydrogen (secondary N) is 2. The zero-order valence-corrected chi connectivity index (χ0v) is 12.1. The average molecular weight is 289 g/mol. The lowest BCUT2D eigenvalue weighted by atomic mass is 10.4. The summed E-state index contributed by atoms with van der Waals surface area (Å²) in [6, 6.07) is 4.04. The Morgan fingerprint density at radius 2 is 2.00 bits per heavy atom. The van der Waals surface area contributed by atoms with Gasteiger partial charge in [0, 0.05) is 42.5 Å².